The molecule has 0 radical (unpaired) electrons. The molecule has 20 heavy (non-hydrogen) atoms. The highest BCUT2D eigenvalue weighted by Crippen LogP contribution is 2.26. The monoisotopic (exact) mass is 331 g/mol. The van der Waals surface area contributed by atoms with Gasteiger partial charge in [-0.2, -0.15) is 4.98 Å². The van der Waals surface area contributed by atoms with E-state index in [-0.39, 0.29) is 0 Å². The fourth-order valence-corrected chi connectivity index (χ4v) is 2.19. The lowest BCUT2D eigenvalue weighted by molar-refractivity contribution is 0.432. The normalized spacial score (nSPS) is 10.7. The van der Waals surface area contributed by atoms with Gasteiger partial charge in [-0.15, -0.1) is 0 Å². The largest absolute Gasteiger partial charge is 0.399 e. The molecule has 0 saturated heterocycles. The smallest absolute Gasteiger partial charge is 0.258 e. The maximum absolute atomic E-state index is 5.79. The van der Waals surface area contributed by atoms with E-state index in [1.54, 1.807) is 24.5 Å². The van der Waals surface area contributed by atoms with Crippen LogP contribution in [0.3, 0.4) is 0 Å². The van der Waals surface area contributed by atoms with E-state index >= 15 is 0 Å². The zero-order valence-electron chi connectivity index (χ0n) is 10.5. The Morgan fingerprint density at radius 1 is 1.10 bits per heavy atom. The second kappa shape index (κ2) is 5.01. The third kappa shape index (κ3) is 2.53. The highest BCUT2D eigenvalue weighted by atomic mass is 79.9. The van der Waals surface area contributed by atoms with Gasteiger partial charge in [-0.25, -0.2) is 9.97 Å². The van der Waals surface area contributed by atoms with Gasteiger partial charge in [0.15, 0.2) is 0 Å². The summed E-state index contributed by atoms with van der Waals surface area (Å²) in [5.74, 6) is 1.14. The molecule has 0 bridgehead atoms. The van der Waals surface area contributed by atoms with Crippen molar-refractivity contribution >= 4 is 21.6 Å². The lowest BCUT2D eigenvalue weighted by Crippen LogP contribution is -1.91. The number of rotatable bonds is 2. The minimum absolute atomic E-state index is 0.346. The number of nitrogens with zero attached hydrogens (tertiary/aromatic N) is 4. The van der Waals surface area contributed by atoms with E-state index in [1.807, 2.05) is 13.0 Å². The maximum Gasteiger partial charge on any atom is 0.258 e. The first-order valence-electron chi connectivity index (χ1n) is 5.81. The SMILES string of the molecule is Cc1cnc(-c2noc(-c3cc(N)cc(Br)c3)n2)nc1. The predicted molar refractivity (Wildman–Crippen MR) is 77.6 cm³/mol. The van der Waals surface area contributed by atoms with Crippen LogP contribution >= 0.6 is 15.9 Å². The van der Waals surface area contributed by atoms with Gasteiger partial charge >= 0.3 is 0 Å². The van der Waals surface area contributed by atoms with E-state index in [1.165, 1.54) is 0 Å². The summed E-state index contributed by atoms with van der Waals surface area (Å²) in [6.07, 6.45) is 3.41. The second-order valence-corrected chi connectivity index (χ2v) is 5.20. The van der Waals surface area contributed by atoms with Crippen molar-refractivity contribution in [1.29, 1.82) is 0 Å². The molecule has 3 aromatic rings. The first kappa shape index (κ1) is 12.7. The fourth-order valence-electron chi connectivity index (χ4n) is 1.68. The zero-order chi connectivity index (χ0) is 14.1. The number of halogens is 1. The summed E-state index contributed by atoms with van der Waals surface area (Å²) in [7, 11) is 0. The molecule has 0 spiro atoms. The number of benzene rings is 1. The fraction of sp³-hybridized carbons (Fsp3) is 0.0769. The number of anilines is 1. The number of nitrogens with two attached hydrogens (primary N) is 1. The molecule has 0 aliphatic carbocycles. The van der Waals surface area contributed by atoms with Crippen LogP contribution in [0.25, 0.3) is 23.1 Å². The van der Waals surface area contributed by atoms with E-state index in [2.05, 4.69) is 36.0 Å². The molecule has 0 saturated carbocycles. The van der Waals surface area contributed by atoms with Gasteiger partial charge in [0.1, 0.15) is 0 Å². The van der Waals surface area contributed by atoms with Crippen LogP contribution in [-0.2, 0) is 0 Å². The summed E-state index contributed by atoms with van der Waals surface area (Å²) in [5, 5.41) is 3.88. The number of hydrogen-bond acceptors (Lipinski definition) is 6. The topological polar surface area (TPSA) is 90.7 Å². The molecule has 2 heterocycles. The standard InChI is InChI=1S/C13H10BrN5O/c1-7-5-16-11(17-6-7)12-18-13(20-19-12)8-2-9(14)4-10(15)3-8/h2-6H,15H2,1H3. The maximum atomic E-state index is 5.79. The minimum atomic E-state index is 0.346. The Morgan fingerprint density at radius 2 is 1.85 bits per heavy atom. The molecule has 0 unspecified atom stereocenters. The molecule has 3 rings (SSSR count). The van der Waals surface area contributed by atoms with Gasteiger partial charge < -0.3 is 10.3 Å². The molecule has 6 nitrogen and oxygen atoms in total. The van der Waals surface area contributed by atoms with Gasteiger partial charge in [0.25, 0.3) is 5.89 Å². The highest BCUT2D eigenvalue weighted by molar-refractivity contribution is 9.10. The molecule has 1 aromatic carbocycles. The summed E-state index contributed by atoms with van der Waals surface area (Å²) in [5.41, 5.74) is 8.11. The van der Waals surface area contributed by atoms with Crippen LogP contribution in [0.15, 0.2) is 39.6 Å². The Labute approximate surface area is 123 Å². The number of nitrogen functional groups attached to an aromatic ring is 1. The van der Waals surface area contributed by atoms with E-state index < -0.39 is 0 Å². The molecule has 0 aliphatic heterocycles. The molecular weight excluding hydrogens is 322 g/mol. The van der Waals surface area contributed by atoms with Crippen LogP contribution in [0.5, 0.6) is 0 Å². The van der Waals surface area contributed by atoms with Crippen molar-refractivity contribution in [3.63, 3.8) is 0 Å². The van der Waals surface area contributed by atoms with Crippen molar-refractivity contribution in [3.05, 3.63) is 40.6 Å². The minimum Gasteiger partial charge on any atom is -0.399 e. The van der Waals surface area contributed by atoms with Crippen molar-refractivity contribution < 1.29 is 4.52 Å². The summed E-state index contributed by atoms with van der Waals surface area (Å²) in [6.45, 7) is 1.91. The molecule has 0 atom stereocenters. The van der Waals surface area contributed by atoms with Gasteiger partial charge in [-0.05, 0) is 30.7 Å². The predicted octanol–water partition coefficient (Wildman–Crippen LogP) is 2.85. The Balaban J connectivity index is 1.99. The van der Waals surface area contributed by atoms with Crippen molar-refractivity contribution in [2.45, 2.75) is 6.92 Å². The van der Waals surface area contributed by atoms with E-state index in [9.17, 15) is 0 Å². The van der Waals surface area contributed by atoms with Gasteiger partial charge in [0, 0.05) is 28.1 Å². The van der Waals surface area contributed by atoms with Crippen LogP contribution < -0.4 is 5.73 Å². The Hall–Kier alpha value is -2.28. The molecular formula is C13H10BrN5O. The van der Waals surface area contributed by atoms with E-state index in [4.69, 9.17) is 10.3 Å². The Bertz CT molecular complexity index is 733. The Kier molecular flexibility index (Phi) is 3.19. The first-order valence-corrected chi connectivity index (χ1v) is 6.60. The van der Waals surface area contributed by atoms with Crippen LogP contribution in [0.2, 0.25) is 0 Å². The summed E-state index contributed by atoms with van der Waals surface area (Å²) < 4.78 is 6.07. The molecule has 2 N–H and O–H groups in total. The molecule has 0 amide bonds. The highest BCUT2D eigenvalue weighted by Gasteiger charge is 2.13. The van der Waals surface area contributed by atoms with E-state index in [0.29, 0.717) is 23.2 Å². The summed E-state index contributed by atoms with van der Waals surface area (Å²) in [4.78, 5) is 12.6. The number of aryl methyl sites for hydroxylation is 1. The number of hydrogen-bond donors (Lipinski definition) is 1. The van der Waals surface area contributed by atoms with Gasteiger partial charge in [-0.3, -0.25) is 0 Å². The van der Waals surface area contributed by atoms with Gasteiger partial charge in [0.05, 0.1) is 0 Å². The first-order chi connectivity index (χ1) is 9.61. The van der Waals surface area contributed by atoms with Crippen LogP contribution in [-0.4, -0.2) is 20.1 Å². The van der Waals surface area contributed by atoms with Crippen molar-refractivity contribution in [1.82, 2.24) is 20.1 Å². The summed E-state index contributed by atoms with van der Waals surface area (Å²) >= 11 is 3.38. The third-order valence-corrected chi connectivity index (χ3v) is 3.03. The van der Waals surface area contributed by atoms with Gasteiger partial charge in [0.2, 0.25) is 11.6 Å². The van der Waals surface area contributed by atoms with Crippen LogP contribution in [0.1, 0.15) is 5.56 Å². The van der Waals surface area contributed by atoms with Crippen molar-refractivity contribution in [3.8, 4) is 23.1 Å². The molecule has 100 valence electrons. The van der Waals surface area contributed by atoms with Crippen LogP contribution in [0, 0.1) is 6.92 Å². The van der Waals surface area contributed by atoms with Crippen LogP contribution in [0.4, 0.5) is 5.69 Å². The average Bonchev–Trinajstić information content (AvgIpc) is 2.88. The lowest BCUT2D eigenvalue weighted by Gasteiger charge is -1.98. The van der Waals surface area contributed by atoms with Crippen molar-refractivity contribution in [2.24, 2.45) is 0 Å². The summed E-state index contributed by atoms with van der Waals surface area (Å²) in [6, 6.07) is 5.41. The molecule has 0 aliphatic rings. The second-order valence-electron chi connectivity index (χ2n) is 4.28. The molecule has 0 fully saturated rings. The molecule has 2 aromatic heterocycles. The quantitative estimate of drug-likeness (QED) is 0.726. The van der Waals surface area contributed by atoms with Crippen molar-refractivity contribution in [2.75, 3.05) is 5.73 Å². The lowest BCUT2D eigenvalue weighted by atomic mass is 10.2. The Morgan fingerprint density at radius 3 is 2.55 bits per heavy atom. The molecule has 7 heteroatoms. The van der Waals surface area contributed by atoms with E-state index in [0.717, 1.165) is 15.6 Å². The average molecular weight is 332 g/mol. The van der Waals surface area contributed by atoms with Gasteiger partial charge in [-0.1, -0.05) is 21.1 Å². The number of aromatic nitrogens is 4. The zero-order valence-corrected chi connectivity index (χ0v) is 12.1. The third-order valence-electron chi connectivity index (χ3n) is 2.57.